The van der Waals surface area contributed by atoms with Gasteiger partial charge in [-0.25, -0.2) is 0 Å². The van der Waals surface area contributed by atoms with Gasteiger partial charge < -0.3 is 26.0 Å². The van der Waals surface area contributed by atoms with Gasteiger partial charge in [0.25, 0.3) is 0 Å². The van der Waals surface area contributed by atoms with Gasteiger partial charge in [-0.15, -0.1) is 0 Å². The molecule has 1 aromatic carbocycles. The van der Waals surface area contributed by atoms with Crippen LogP contribution in [0.3, 0.4) is 0 Å². The Labute approximate surface area is 194 Å². The van der Waals surface area contributed by atoms with Crippen molar-refractivity contribution in [3.05, 3.63) is 35.9 Å². The Morgan fingerprint density at radius 3 is 2.00 bits per heavy atom. The van der Waals surface area contributed by atoms with Crippen molar-refractivity contribution in [1.82, 2.24) is 20.9 Å². The minimum absolute atomic E-state index is 0.109. The van der Waals surface area contributed by atoms with Crippen LogP contribution in [0.4, 0.5) is 0 Å². The summed E-state index contributed by atoms with van der Waals surface area (Å²) >= 11 is 0. The Kier molecular flexibility index (Phi) is 11.0. The highest BCUT2D eigenvalue weighted by Crippen LogP contribution is 2.10. The molecule has 4 amide bonds. The van der Waals surface area contributed by atoms with Gasteiger partial charge in [-0.3, -0.25) is 24.0 Å². The summed E-state index contributed by atoms with van der Waals surface area (Å²) in [6.07, 6.45) is -0.296. The molecule has 0 bridgehead atoms. The van der Waals surface area contributed by atoms with Gasteiger partial charge in [0.2, 0.25) is 23.6 Å². The standard InChI is InChI=1S/C23H34N4O6/c1-14(2)24-22(32)18(13-17-9-7-6-8-10-17)27(5)23(33)16(4)26-21(31)15(3)25-19(28)11-12-20(29)30/h6-10,14-16,18H,11-13H2,1-5H3,(H,24,32)(H,25,28)(H,26,31)(H,29,30)/t15-,16-,18-/m0/s1. The number of aliphatic carboxylic acids is 1. The SMILES string of the molecule is CC(C)NC(=O)[C@H](Cc1ccccc1)N(C)C(=O)[C@H](C)NC(=O)[C@H](C)NC(=O)CCC(=O)O. The van der Waals surface area contributed by atoms with Crippen LogP contribution in [0.1, 0.15) is 46.1 Å². The van der Waals surface area contributed by atoms with Crippen molar-refractivity contribution in [3.63, 3.8) is 0 Å². The van der Waals surface area contributed by atoms with Crippen molar-refractivity contribution in [2.24, 2.45) is 0 Å². The molecule has 33 heavy (non-hydrogen) atoms. The zero-order chi connectivity index (χ0) is 25.1. The number of benzene rings is 1. The molecule has 0 saturated carbocycles. The summed E-state index contributed by atoms with van der Waals surface area (Å²) in [4.78, 5) is 61.8. The van der Waals surface area contributed by atoms with E-state index in [1.807, 2.05) is 44.2 Å². The molecule has 0 radical (unpaired) electrons. The Balaban J connectivity index is 2.81. The predicted molar refractivity (Wildman–Crippen MR) is 122 cm³/mol. The topological polar surface area (TPSA) is 145 Å². The second-order valence-corrected chi connectivity index (χ2v) is 8.23. The summed E-state index contributed by atoms with van der Waals surface area (Å²) < 4.78 is 0. The minimum Gasteiger partial charge on any atom is -0.481 e. The highest BCUT2D eigenvalue weighted by molar-refractivity contribution is 5.94. The van der Waals surface area contributed by atoms with Crippen LogP contribution in [0.25, 0.3) is 0 Å². The summed E-state index contributed by atoms with van der Waals surface area (Å²) in [5.41, 5.74) is 0.885. The molecule has 3 atom stereocenters. The second-order valence-electron chi connectivity index (χ2n) is 8.23. The summed E-state index contributed by atoms with van der Waals surface area (Å²) in [7, 11) is 1.51. The molecule has 0 aliphatic carbocycles. The van der Waals surface area contributed by atoms with E-state index in [1.54, 1.807) is 0 Å². The largest absolute Gasteiger partial charge is 0.481 e. The lowest BCUT2D eigenvalue weighted by Crippen LogP contribution is -2.56. The minimum atomic E-state index is -1.11. The Morgan fingerprint density at radius 1 is 0.848 bits per heavy atom. The molecule has 0 aliphatic heterocycles. The number of carboxylic acid groups (broad SMARTS) is 1. The summed E-state index contributed by atoms with van der Waals surface area (Å²) in [5.74, 6) is -3.06. The lowest BCUT2D eigenvalue weighted by atomic mass is 10.0. The molecule has 10 nitrogen and oxygen atoms in total. The molecule has 0 unspecified atom stereocenters. The van der Waals surface area contributed by atoms with Crippen LogP contribution in [0, 0.1) is 0 Å². The van der Waals surface area contributed by atoms with Crippen LogP contribution in [0.15, 0.2) is 30.3 Å². The van der Waals surface area contributed by atoms with Gasteiger partial charge >= 0.3 is 5.97 Å². The van der Waals surface area contributed by atoms with Crippen LogP contribution in [0.2, 0.25) is 0 Å². The zero-order valence-corrected chi connectivity index (χ0v) is 19.8. The first kappa shape index (κ1) is 27.6. The molecule has 182 valence electrons. The maximum absolute atomic E-state index is 13.0. The smallest absolute Gasteiger partial charge is 0.303 e. The average Bonchev–Trinajstić information content (AvgIpc) is 2.75. The van der Waals surface area contributed by atoms with Gasteiger partial charge in [-0.1, -0.05) is 30.3 Å². The lowest BCUT2D eigenvalue weighted by molar-refractivity contribution is -0.142. The number of hydrogen-bond acceptors (Lipinski definition) is 5. The van der Waals surface area contributed by atoms with Crippen molar-refractivity contribution in [1.29, 1.82) is 0 Å². The Morgan fingerprint density at radius 2 is 1.45 bits per heavy atom. The van der Waals surface area contributed by atoms with Gasteiger partial charge in [-0.2, -0.15) is 0 Å². The normalized spacial score (nSPS) is 13.4. The number of nitrogens with one attached hydrogen (secondary N) is 3. The van der Waals surface area contributed by atoms with Gasteiger partial charge in [0.15, 0.2) is 0 Å². The van der Waals surface area contributed by atoms with Crippen LogP contribution in [-0.4, -0.2) is 70.8 Å². The van der Waals surface area contributed by atoms with Crippen molar-refractivity contribution < 1.29 is 29.1 Å². The third-order valence-corrected chi connectivity index (χ3v) is 4.89. The van der Waals surface area contributed by atoms with Crippen molar-refractivity contribution >= 4 is 29.6 Å². The lowest BCUT2D eigenvalue weighted by Gasteiger charge is -2.31. The maximum Gasteiger partial charge on any atom is 0.303 e. The van der Waals surface area contributed by atoms with E-state index in [1.165, 1.54) is 25.8 Å². The molecule has 0 saturated heterocycles. The average molecular weight is 463 g/mol. The van der Waals surface area contributed by atoms with E-state index in [2.05, 4.69) is 16.0 Å². The molecule has 0 fully saturated rings. The van der Waals surface area contributed by atoms with Crippen LogP contribution in [0.5, 0.6) is 0 Å². The number of amides is 4. The molecule has 0 aromatic heterocycles. The third kappa shape index (κ3) is 9.71. The molecular formula is C23H34N4O6. The zero-order valence-electron chi connectivity index (χ0n) is 19.8. The van der Waals surface area contributed by atoms with E-state index >= 15 is 0 Å². The number of carbonyl (C=O) groups is 5. The maximum atomic E-state index is 13.0. The molecule has 10 heteroatoms. The fourth-order valence-electron chi connectivity index (χ4n) is 3.08. The fourth-order valence-corrected chi connectivity index (χ4v) is 3.08. The number of rotatable bonds is 12. The monoisotopic (exact) mass is 462 g/mol. The van der Waals surface area contributed by atoms with Crippen molar-refractivity contribution in [2.45, 2.75) is 71.1 Å². The molecule has 4 N–H and O–H groups in total. The molecule has 0 spiro atoms. The molecule has 1 aromatic rings. The first-order valence-corrected chi connectivity index (χ1v) is 10.8. The van der Waals surface area contributed by atoms with E-state index in [4.69, 9.17) is 5.11 Å². The van der Waals surface area contributed by atoms with E-state index < -0.39 is 41.8 Å². The number of likely N-dealkylation sites (N-methyl/N-ethyl adjacent to an activating group) is 1. The van der Waals surface area contributed by atoms with E-state index in [-0.39, 0.29) is 24.8 Å². The van der Waals surface area contributed by atoms with E-state index in [9.17, 15) is 24.0 Å². The van der Waals surface area contributed by atoms with Crippen LogP contribution in [-0.2, 0) is 30.4 Å². The van der Waals surface area contributed by atoms with Gasteiger partial charge in [-0.05, 0) is 33.3 Å². The number of hydrogen-bond donors (Lipinski definition) is 4. The summed E-state index contributed by atoms with van der Waals surface area (Å²) in [6.45, 7) is 6.58. The fraction of sp³-hybridized carbons (Fsp3) is 0.522. The third-order valence-electron chi connectivity index (χ3n) is 4.89. The number of carboxylic acids is 1. The number of carbonyl (C=O) groups excluding carboxylic acids is 4. The summed E-state index contributed by atoms with van der Waals surface area (Å²) in [5, 5.41) is 16.4. The summed E-state index contributed by atoms with van der Waals surface area (Å²) in [6, 6.07) is 6.49. The van der Waals surface area contributed by atoms with E-state index in [0.29, 0.717) is 6.42 Å². The quantitative estimate of drug-likeness (QED) is 0.355. The Hall–Kier alpha value is -3.43. The van der Waals surface area contributed by atoms with Crippen molar-refractivity contribution in [2.75, 3.05) is 7.05 Å². The highest BCUT2D eigenvalue weighted by atomic mass is 16.4. The molecule has 0 aliphatic rings. The van der Waals surface area contributed by atoms with Crippen molar-refractivity contribution in [3.8, 4) is 0 Å². The second kappa shape index (κ2) is 13.2. The van der Waals surface area contributed by atoms with E-state index in [0.717, 1.165) is 5.56 Å². The molecular weight excluding hydrogens is 428 g/mol. The van der Waals surface area contributed by atoms with Gasteiger partial charge in [0.1, 0.15) is 18.1 Å². The Bertz CT molecular complexity index is 843. The van der Waals surface area contributed by atoms with Crippen LogP contribution < -0.4 is 16.0 Å². The van der Waals surface area contributed by atoms with Gasteiger partial charge in [0, 0.05) is 25.9 Å². The van der Waals surface area contributed by atoms with Gasteiger partial charge in [0.05, 0.1) is 6.42 Å². The molecule has 0 heterocycles. The predicted octanol–water partition coefficient (Wildman–Crippen LogP) is 0.455. The molecule has 1 rings (SSSR count). The van der Waals surface area contributed by atoms with Crippen LogP contribution >= 0.6 is 0 Å². The first-order valence-electron chi connectivity index (χ1n) is 10.8. The first-order chi connectivity index (χ1) is 15.4. The number of nitrogens with zero attached hydrogens (tertiary/aromatic N) is 1. The highest BCUT2D eigenvalue weighted by Gasteiger charge is 2.31.